The number of nitrogens with one attached hydrogen (secondary N) is 1. The van der Waals surface area contributed by atoms with Gasteiger partial charge in [0.05, 0.1) is 12.7 Å². The first kappa shape index (κ1) is 20.8. The smallest absolute Gasteiger partial charge is 0.339 e. The maximum Gasteiger partial charge on any atom is 0.339 e. The van der Waals surface area contributed by atoms with Crippen molar-refractivity contribution in [1.29, 1.82) is 0 Å². The normalized spacial score (nSPS) is 14.4. The SMILES string of the molecule is COC(=O)c1c(C)[nH]c(C(=O)N2CCN(c3cc(C)nc(C(C)C)n3)CC2)c1C. The summed E-state index contributed by atoms with van der Waals surface area (Å²) in [4.78, 5) is 41.3. The highest BCUT2D eigenvalue weighted by Gasteiger charge is 2.28. The van der Waals surface area contributed by atoms with Gasteiger partial charge in [-0.15, -0.1) is 0 Å². The maximum absolute atomic E-state index is 13.0. The molecule has 0 radical (unpaired) electrons. The number of carbonyl (C=O) groups is 2. The van der Waals surface area contributed by atoms with E-state index in [2.05, 4.69) is 28.7 Å². The Hall–Kier alpha value is -2.90. The van der Waals surface area contributed by atoms with Gasteiger partial charge in [-0.25, -0.2) is 14.8 Å². The molecule has 156 valence electrons. The van der Waals surface area contributed by atoms with Gasteiger partial charge in [0.1, 0.15) is 17.3 Å². The molecule has 1 N–H and O–H groups in total. The van der Waals surface area contributed by atoms with E-state index >= 15 is 0 Å². The molecule has 1 fully saturated rings. The number of ether oxygens (including phenoxy) is 1. The molecule has 2 aromatic rings. The van der Waals surface area contributed by atoms with Crippen molar-refractivity contribution in [3.8, 4) is 0 Å². The molecule has 0 atom stereocenters. The van der Waals surface area contributed by atoms with Crippen molar-refractivity contribution in [3.05, 3.63) is 40.1 Å². The molecule has 0 spiro atoms. The van der Waals surface area contributed by atoms with E-state index < -0.39 is 5.97 Å². The fraction of sp³-hybridized carbons (Fsp3) is 0.524. The molecule has 1 amide bonds. The molecule has 8 nitrogen and oxygen atoms in total. The average Bonchev–Trinajstić information content (AvgIpc) is 3.00. The topological polar surface area (TPSA) is 91.4 Å². The van der Waals surface area contributed by atoms with Crippen molar-refractivity contribution < 1.29 is 14.3 Å². The predicted molar refractivity (Wildman–Crippen MR) is 111 cm³/mol. The summed E-state index contributed by atoms with van der Waals surface area (Å²) in [6.07, 6.45) is 0. The van der Waals surface area contributed by atoms with Crippen LogP contribution in [0.5, 0.6) is 0 Å². The summed E-state index contributed by atoms with van der Waals surface area (Å²) in [7, 11) is 1.34. The van der Waals surface area contributed by atoms with Crippen LogP contribution in [0.3, 0.4) is 0 Å². The summed E-state index contributed by atoms with van der Waals surface area (Å²) >= 11 is 0. The van der Waals surface area contributed by atoms with Gasteiger partial charge in [0, 0.05) is 49.6 Å². The molecule has 3 rings (SSSR count). The highest BCUT2D eigenvalue weighted by Crippen LogP contribution is 2.22. The molecule has 0 unspecified atom stereocenters. The molecule has 1 aliphatic heterocycles. The molecule has 1 saturated heterocycles. The highest BCUT2D eigenvalue weighted by molar-refractivity contribution is 6.00. The van der Waals surface area contributed by atoms with E-state index in [0.717, 1.165) is 17.3 Å². The van der Waals surface area contributed by atoms with Crippen LogP contribution in [-0.2, 0) is 4.74 Å². The number of nitrogens with zero attached hydrogens (tertiary/aromatic N) is 4. The van der Waals surface area contributed by atoms with Crippen molar-refractivity contribution in [1.82, 2.24) is 19.9 Å². The van der Waals surface area contributed by atoms with Gasteiger partial charge in [-0.1, -0.05) is 13.8 Å². The van der Waals surface area contributed by atoms with Crippen molar-refractivity contribution >= 4 is 17.7 Å². The minimum Gasteiger partial charge on any atom is -0.465 e. The second-order valence-electron chi connectivity index (χ2n) is 7.78. The number of aromatic amines is 1. The Morgan fingerprint density at radius 2 is 1.76 bits per heavy atom. The van der Waals surface area contributed by atoms with Gasteiger partial charge in [-0.3, -0.25) is 4.79 Å². The van der Waals surface area contributed by atoms with Crippen molar-refractivity contribution in [2.45, 2.75) is 40.5 Å². The first-order valence-electron chi connectivity index (χ1n) is 9.90. The lowest BCUT2D eigenvalue weighted by molar-refractivity contribution is 0.0599. The Balaban J connectivity index is 1.73. The zero-order valence-corrected chi connectivity index (χ0v) is 18.0. The minimum atomic E-state index is -0.430. The summed E-state index contributed by atoms with van der Waals surface area (Å²) in [5.41, 5.74) is 3.12. The summed E-state index contributed by atoms with van der Waals surface area (Å²) in [5.74, 6) is 1.49. The molecule has 0 aliphatic carbocycles. The van der Waals surface area contributed by atoms with Gasteiger partial charge in [-0.05, 0) is 26.3 Å². The number of hydrogen-bond acceptors (Lipinski definition) is 6. The number of methoxy groups -OCH3 is 1. The van der Waals surface area contributed by atoms with Crippen LogP contribution < -0.4 is 4.90 Å². The predicted octanol–water partition coefficient (Wildman–Crippen LogP) is 2.60. The largest absolute Gasteiger partial charge is 0.465 e. The van der Waals surface area contributed by atoms with Crippen LogP contribution in [0.15, 0.2) is 6.07 Å². The number of amides is 1. The van der Waals surface area contributed by atoms with E-state index in [1.165, 1.54) is 7.11 Å². The number of hydrogen-bond donors (Lipinski definition) is 1. The lowest BCUT2D eigenvalue weighted by Gasteiger charge is -2.35. The van der Waals surface area contributed by atoms with Crippen LogP contribution in [0, 0.1) is 20.8 Å². The third-order valence-corrected chi connectivity index (χ3v) is 5.31. The van der Waals surface area contributed by atoms with Gasteiger partial charge < -0.3 is 19.5 Å². The molecular formula is C21H29N5O3. The monoisotopic (exact) mass is 399 g/mol. The van der Waals surface area contributed by atoms with E-state index in [4.69, 9.17) is 9.72 Å². The lowest BCUT2D eigenvalue weighted by Crippen LogP contribution is -2.49. The van der Waals surface area contributed by atoms with E-state index in [1.807, 2.05) is 17.9 Å². The lowest BCUT2D eigenvalue weighted by atomic mass is 10.1. The minimum absolute atomic E-state index is 0.0952. The number of esters is 1. The Labute approximate surface area is 171 Å². The molecule has 0 saturated carbocycles. The van der Waals surface area contributed by atoms with Gasteiger partial charge in [0.2, 0.25) is 0 Å². The van der Waals surface area contributed by atoms with Gasteiger partial charge in [0.25, 0.3) is 5.91 Å². The fourth-order valence-electron chi connectivity index (χ4n) is 3.66. The summed E-state index contributed by atoms with van der Waals surface area (Å²) in [6.45, 7) is 12.3. The van der Waals surface area contributed by atoms with Crippen LogP contribution in [-0.4, -0.2) is 65.0 Å². The Bertz CT molecular complexity index is 927. The number of aryl methyl sites for hydroxylation is 2. The molecule has 8 heteroatoms. The number of piperazine rings is 1. The quantitative estimate of drug-likeness (QED) is 0.795. The zero-order chi connectivity index (χ0) is 21.3. The first-order chi connectivity index (χ1) is 13.7. The van der Waals surface area contributed by atoms with Crippen molar-refractivity contribution in [3.63, 3.8) is 0 Å². The Kier molecular flexibility index (Phi) is 5.91. The van der Waals surface area contributed by atoms with Gasteiger partial charge in [-0.2, -0.15) is 0 Å². The Morgan fingerprint density at radius 3 is 2.34 bits per heavy atom. The average molecular weight is 399 g/mol. The van der Waals surface area contributed by atoms with E-state index in [1.54, 1.807) is 13.8 Å². The summed E-state index contributed by atoms with van der Waals surface area (Å²) < 4.78 is 4.83. The standard InChI is InChI=1S/C21H29N5O3/c1-12(2)19-22-13(3)11-16(24-19)25-7-9-26(10-8-25)20(27)18-14(4)17(15(5)23-18)21(28)29-6/h11-12,23H,7-10H2,1-6H3. The number of aromatic nitrogens is 3. The van der Waals surface area contributed by atoms with Gasteiger partial charge in [0.15, 0.2) is 0 Å². The highest BCUT2D eigenvalue weighted by atomic mass is 16.5. The molecule has 3 heterocycles. The zero-order valence-electron chi connectivity index (χ0n) is 18.0. The third-order valence-electron chi connectivity index (χ3n) is 5.31. The van der Waals surface area contributed by atoms with E-state index in [9.17, 15) is 9.59 Å². The van der Waals surface area contributed by atoms with E-state index in [-0.39, 0.29) is 11.8 Å². The van der Waals surface area contributed by atoms with Crippen LogP contribution in [0.1, 0.15) is 63.4 Å². The fourth-order valence-corrected chi connectivity index (χ4v) is 3.66. The summed E-state index contributed by atoms with van der Waals surface area (Å²) in [5, 5.41) is 0. The second kappa shape index (κ2) is 8.23. The molecule has 1 aliphatic rings. The molecule has 29 heavy (non-hydrogen) atoms. The number of carbonyl (C=O) groups excluding carboxylic acids is 2. The van der Waals surface area contributed by atoms with Crippen molar-refractivity contribution in [2.75, 3.05) is 38.2 Å². The Morgan fingerprint density at radius 1 is 1.10 bits per heavy atom. The van der Waals surface area contributed by atoms with Crippen LogP contribution in [0.25, 0.3) is 0 Å². The molecule has 0 aromatic carbocycles. The van der Waals surface area contributed by atoms with Crippen LogP contribution in [0.4, 0.5) is 5.82 Å². The molecule has 2 aromatic heterocycles. The summed E-state index contributed by atoms with van der Waals surface area (Å²) in [6, 6.07) is 1.99. The second-order valence-corrected chi connectivity index (χ2v) is 7.78. The number of rotatable bonds is 4. The number of H-pyrrole nitrogens is 1. The molecular weight excluding hydrogens is 370 g/mol. The third kappa shape index (κ3) is 4.11. The van der Waals surface area contributed by atoms with Crippen LogP contribution in [0.2, 0.25) is 0 Å². The number of anilines is 1. The molecule has 0 bridgehead atoms. The van der Waals surface area contributed by atoms with Gasteiger partial charge >= 0.3 is 5.97 Å². The van der Waals surface area contributed by atoms with E-state index in [0.29, 0.717) is 48.7 Å². The first-order valence-corrected chi connectivity index (χ1v) is 9.90. The maximum atomic E-state index is 13.0. The van der Waals surface area contributed by atoms with Crippen molar-refractivity contribution in [2.24, 2.45) is 0 Å². The van der Waals surface area contributed by atoms with Crippen LogP contribution >= 0.6 is 0 Å².